The van der Waals surface area contributed by atoms with Crippen molar-refractivity contribution in [2.45, 2.75) is 129 Å². The number of nitrogens with zero attached hydrogens (tertiary/aromatic N) is 2. The summed E-state index contributed by atoms with van der Waals surface area (Å²) in [4.78, 5) is 93.8. The number of aliphatic hydroxyl groups is 1. The molecule has 2 unspecified atom stereocenters. The highest BCUT2D eigenvalue weighted by molar-refractivity contribution is 5.96. The fraction of sp³-hybridized carbons (Fsp3) is 0.568. The first-order valence-electron chi connectivity index (χ1n) is 21.0. The third kappa shape index (κ3) is 14.8. The lowest BCUT2D eigenvalue weighted by Crippen LogP contribution is -2.55. The van der Waals surface area contributed by atoms with Crippen molar-refractivity contribution < 1.29 is 54.0 Å². The number of phenolic OH excluding ortho intramolecular Hbond substituents is 2. The van der Waals surface area contributed by atoms with Gasteiger partial charge in [0.1, 0.15) is 41.7 Å². The van der Waals surface area contributed by atoms with Gasteiger partial charge in [-0.15, -0.1) is 0 Å². The minimum absolute atomic E-state index is 0.0662. The van der Waals surface area contributed by atoms with Crippen LogP contribution in [0.1, 0.15) is 109 Å². The summed E-state index contributed by atoms with van der Waals surface area (Å²) in [6.45, 7) is 5.82. The molecule has 2 aromatic rings. The number of carbonyl (C=O) groups excluding carboxylic acids is 6. The molecule has 8 N–H and O–H groups in total. The number of unbranched alkanes of at least 4 members (excludes halogenated alkanes) is 7. The van der Waals surface area contributed by atoms with Crippen molar-refractivity contribution in [3.8, 4) is 22.6 Å². The molecule has 0 radical (unpaired) electrons. The molecule has 336 valence electrons. The highest BCUT2D eigenvalue weighted by atomic mass is 16.4. The van der Waals surface area contributed by atoms with Gasteiger partial charge in [0.2, 0.25) is 35.4 Å². The molecular formula is C44H64N6O11. The van der Waals surface area contributed by atoms with Gasteiger partial charge in [0.15, 0.2) is 0 Å². The molecule has 0 aliphatic carbocycles. The van der Waals surface area contributed by atoms with Gasteiger partial charge in [-0.25, -0.2) is 4.79 Å². The largest absolute Gasteiger partial charge is 0.507 e. The lowest BCUT2D eigenvalue weighted by Gasteiger charge is -2.30. The Labute approximate surface area is 357 Å². The van der Waals surface area contributed by atoms with Crippen molar-refractivity contribution >= 4 is 41.4 Å². The molecule has 6 amide bonds. The highest BCUT2D eigenvalue weighted by Gasteiger charge is 2.34. The van der Waals surface area contributed by atoms with Gasteiger partial charge in [0.25, 0.3) is 0 Å². The van der Waals surface area contributed by atoms with Crippen LogP contribution in [0.3, 0.4) is 0 Å². The van der Waals surface area contributed by atoms with Crippen molar-refractivity contribution in [2.24, 2.45) is 5.92 Å². The number of carboxylic acids is 1. The number of amides is 6. The second-order valence-corrected chi connectivity index (χ2v) is 16.3. The van der Waals surface area contributed by atoms with Gasteiger partial charge >= 0.3 is 5.97 Å². The number of hydrogen-bond donors (Lipinski definition) is 8. The molecule has 5 atom stereocenters. The zero-order chi connectivity index (χ0) is 45.4. The minimum Gasteiger partial charge on any atom is -0.507 e. The first-order valence-corrected chi connectivity index (χ1v) is 21.0. The molecule has 0 aromatic heterocycles. The highest BCUT2D eigenvalue weighted by Crippen LogP contribution is 2.38. The first-order chi connectivity index (χ1) is 28.9. The average molecular weight is 853 g/mol. The Balaban J connectivity index is 1.65. The number of likely N-dealkylation sites (N-methyl/N-ethyl adjacent to an activating group) is 2. The van der Waals surface area contributed by atoms with Crippen LogP contribution in [0.15, 0.2) is 36.4 Å². The number of aliphatic hydroxyl groups excluding tert-OH is 1. The van der Waals surface area contributed by atoms with Crippen LogP contribution in [0.5, 0.6) is 11.5 Å². The van der Waals surface area contributed by atoms with Gasteiger partial charge in [-0.05, 0) is 61.6 Å². The summed E-state index contributed by atoms with van der Waals surface area (Å²) in [5, 5.41) is 51.2. The monoisotopic (exact) mass is 852 g/mol. The predicted octanol–water partition coefficient (Wildman–Crippen LogP) is 2.89. The zero-order valence-corrected chi connectivity index (χ0v) is 36.2. The first kappa shape index (κ1) is 49.7. The van der Waals surface area contributed by atoms with Gasteiger partial charge in [0, 0.05) is 38.1 Å². The molecule has 4 bridgehead atoms. The molecule has 61 heavy (non-hydrogen) atoms. The minimum atomic E-state index is -1.47. The molecule has 0 saturated heterocycles. The fourth-order valence-electron chi connectivity index (χ4n) is 7.09. The number of benzene rings is 2. The van der Waals surface area contributed by atoms with E-state index in [1.807, 2.05) is 0 Å². The van der Waals surface area contributed by atoms with E-state index in [1.165, 1.54) is 90.0 Å². The van der Waals surface area contributed by atoms with Crippen LogP contribution in [0.4, 0.5) is 0 Å². The number of fused-ring (bicyclic) bond motifs is 5. The van der Waals surface area contributed by atoms with Crippen LogP contribution in [0, 0.1) is 5.92 Å². The number of carboxylic acid groups (broad SMARTS) is 1. The fourth-order valence-corrected chi connectivity index (χ4v) is 7.09. The molecule has 0 spiro atoms. The van der Waals surface area contributed by atoms with E-state index in [0.29, 0.717) is 12.0 Å². The maximum Gasteiger partial charge on any atom is 0.326 e. The summed E-state index contributed by atoms with van der Waals surface area (Å²) < 4.78 is 0. The number of phenols is 2. The molecule has 2 aromatic carbocycles. The van der Waals surface area contributed by atoms with E-state index < -0.39 is 78.9 Å². The van der Waals surface area contributed by atoms with E-state index in [1.54, 1.807) is 0 Å². The molecule has 1 heterocycles. The third-order valence-corrected chi connectivity index (χ3v) is 10.9. The summed E-state index contributed by atoms with van der Waals surface area (Å²) in [7, 11) is 2.69. The maximum atomic E-state index is 13.9. The van der Waals surface area contributed by atoms with Gasteiger partial charge in [0.05, 0.1) is 13.2 Å². The number of hydrogen-bond acceptors (Lipinski definition) is 10. The van der Waals surface area contributed by atoms with Crippen LogP contribution in [-0.4, -0.2) is 123 Å². The Morgan fingerprint density at radius 1 is 0.787 bits per heavy atom. The zero-order valence-electron chi connectivity index (χ0n) is 36.2. The van der Waals surface area contributed by atoms with Crippen LogP contribution in [0.2, 0.25) is 0 Å². The summed E-state index contributed by atoms with van der Waals surface area (Å²) in [5.41, 5.74) is 0.724. The summed E-state index contributed by atoms with van der Waals surface area (Å²) in [6.07, 6.45) is 9.76. The van der Waals surface area contributed by atoms with E-state index >= 15 is 0 Å². The smallest absolute Gasteiger partial charge is 0.326 e. The molecule has 1 aliphatic heterocycles. The maximum absolute atomic E-state index is 13.9. The number of nitrogens with one attached hydrogen (secondary N) is 4. The van der Waals surface area contributed by atoms with Crippen LogP contribution >= 0.6 is 0 Å². The van der Waals surface area contributed by atoms with E-state index in [4.69, 9.17) is 0 Å². The Bertz CT molecular complexity index is 1870. The van der Waals surface area contributed by atoms with E-state index in [-0.39, 0.29) is 46.9 Å². The normalized spacial score (nSPS) is 17.5. The molecule has 1 aliphatic rings. The standard InChI is InChI=1S/C44H64N6O11/c1-26(2)15-13-11-9-7-8-10-12-14-16-37(54)49(5)34(25-51)42(58)46-27(3)40(56)45-24-38(55)50(6)39-30-18-20-36(53)32(23-30)31-21-29(17-19-35(31)52)22-33(44(60)61)48-41(57)28(4)47-43(39)59/h17-21,23,26-28,33-34,39,51-53H,7-16,22,24-25H2,1-6H3,(H,45,56)(H,46,58)(H,47,59)(H,48,57)(H,60,61)/t27-,28+,33?,34-,39?/m1/s1. The molecule has 3 rings (SSSR count). The molecule has 17 nitrogen and oxygen atoms in total. The molecule has 0 fully saturated rings. The number of aliphatic carboxylic acids is 1. The quantitative estimate of drug-likeness (QED) is 0.0899. The topological polar surface area (TPSA) is 255 Å². The number of carbonyl (C=O) groups is 7. The van der Waals surface area contributed by atoms with E-state index in [0.717, 1.165) is 41.4 Å². The second-order valence-electron chi connectivity index (χ2n) is 16.3. The third-order valence-electron chi connectivity index (χ3n) is 10.9. The molecule has 0 saturated carbocycles. The van der Waals surface area contributed by atoms with Gasteiger partial charge in [-0.2, -0.15) is 0 Å². The van der Waals surface area contributed by atoms with E-state index in [2.05, 4.69) is 35.1 Å². The summed E-state index contributed by atoms with van der Waals surface area (Å²) >= 11 is 0. The van der Waals surface area contributed by atoms with Gasteiger partial charge in [-0.1, -0.05) is 77.3 Å². The van der Waals surface area contributed by atoms with Gasteiger partial charge in [-0.3, -0.25) is 28.8 Å². The van der Waals surface area contributed by atoms with Crippen molar-refractivity contribution in [2.75, 3.05) is 27.2 Å². The molecular weight excluding hydrogens is 789 g/mol. The van der Waals surface area contributed by atoms with E-state index in [9.17, 15) is 54.0 Å². The lowest BCUT2D eigenvalue weighted by molar-refractivity contribution is -0.143. The Morgan fingerprint density at radius 3 is 1.98 bits per heavy atom. The van der Waals surface area contributed by atoms with Crippen molar-refractivity contribution in [1.29, 1.82) is 0 Å². The van der Waals surface area contributed by atoms with Crippen LogP contribution in [-0.2, 0) is 40.0 Å². The Hall–Kier alpha value is -5.71. The summed E-state index contributed by atoms with van der Waals surface area (Å²) in [6, 6.07) is 1.62. The van der Waals surface area contributed by atoms with Gasteiger partial charge < -0.3 is 51.5 Å². The average Bonchev–Trinajstić information content (AvgIpc) is 3.20. The number of rotatable bonds is 20. The number of aromatic hydroxyl groups is 2. The lowest BCUT2D eigenvalue weighted by atomic mass is 9.94. The second kappa shape index (κ2) is 23.9. The summed E-state index contributed by atoms with van der Waals surface area (Å²) in [5.74, 6) is -5.52. The Morgan fingerprint density at radius 2 is 1.38 bits per heavy atom. The molecule has 17 heteroatoms. The Kier molecular flexibility index (Phi) is 19.5. The van der Waals surface area contributed by atoms with Crippen molar-refractivity contribution in [3.05, 3.63) is 47.5 Å². The predicted molar refractivity (Wildman–Crippen MR) is 227 cm³/mol. The van der Waals surface area contributed by atoms with Crippen molar-refractivity contribution in [3.63, 3.8) is 0 Å². The van der Waals surface area contributed by atoms with Crippen LogP contribution in [0.25, 0.3) is 11.1 Å². The van der Waals surface area contributed by atoms with Crippen molar-refractivity contribution in [1.82, 2.24) is 31.1 Å². The SMILES string of the molecule is CC(C)CCCCCCCCCCC(=O)N(C)[C@H](CO)C(=O)N[C@H](C)C(=O)NCC(=O)N(C)C1C(=O)N[C@@H](C)C(=O)NC(C(=O)O)Cc2ccc(O)c(c2)-c2cc1ccc2O. The van der Waals surface area contributed by atoms with Crippen LogP contribution < -0.4 is 21.3 Å².